The molecule has 0 atom stereocenters. The van der Waals surface area contributed by atoms with Crippen molar-refractivity contribution in [2.75, 3.05) is 0 Å². The van der Waals surface area contributed by atoms with E-state index in [0.717, 1.165) is 33.9 Å². The second-order valence-electron chi connectivity index (χ2n) is 4.98. The van der Waals surface area contributed by atoms with Crippen molar-refractivity contribution in [1.82, 2.24) is 24.7 Å². The maximum absolute atomic E-state index is 6.06. The standard InChI is InChI=1S/C16H12ClN5/c1-22-16-14(13(21-22)12-7-2-3-8-18-12)19-15(20-16)10-5-4-6-11(17)9-10/h2-9H,1H3,(H,19,20). The van der Waals surface area contributed by atoms with Gasteiger partial charge >= 0.3 is 0 Å². The van der Waals surface area contributed by atoms with E-state index in [1.165, 1.54) is 0 Å². The highest BCUT2D eigenvalue weighted by atomic mass is 35.5. The number of aryl methyl sites for hydroxylation is 1. The van der Waals surface area contributed by atoms with Crippen LogP contribution in [0.4, 0.5) is 0 Å². The zero-order valence-electron chi connectivity index (χ0n) is 11.8. The van der Waals surface area contributed by atoms with Crippen molar-refractivity contribution in [2.45, 2.75) is 0 Å². The summed E-state index contributed by atoms with van der Waals surface area (Å²) in [5.74, 6) is 0.766. The summed E-state index contributed by atoms with van der Waals surface area (Å²) in [6, 6.07) is 13.4. The molecule has 0 unspecified atom stereocenters. The minimum atomic E-state index is 0.682. The number of benzene rings is 1. The zero-order chi connectivity index (χ0) is 15.1. The summed E-state index contributed by atoms with van der Waals surface area (Å²) in [7, 11) is 1.87. The number of nitrogens with zero attached hydrogens (tertiary/aromatic N) is 4. The Bertz CT molecular complexity index is 955. The average Bonchev–Trinajstić information content (AvgIpc) is 3.09. The summed E-state index contributed by atoms with van der Waals surface area (Å²) >= 11 is 6.06. The van der Waals surface area contributed by atoms with E-state index in [2.05, 4.69) is 20.1 Å². The molecule has 0 aliphatic rings. The quantitative estimate of drug-likeness (QED) is 0.614. The van der Waals surface area contributed by atoms with Gasteiger partial charge in [-0.25, -0.2) is 9.67 Å². The van der Waals surface area contributed by atoms with Gasteiger partial charge in [0, 0.05) is 23.8 Å². The smallest absolute Gasteiger partial charge is 0.177 e. The van der Waals surface area contributed by atoms with Crippen LogP contribution in [-0.4, -0.2) is 24.7 Å². The minimum absolute atomic E-state index is 0.682. The first-order chi connectivity index (χ1) is 10.7. The Kier molecular flexibility index (Phi) is 2.94. The van der Waals surface area contributed by atoms with Gasteiger partial charge in [-0.15, -0.1) is 0 Å². The van der Waals surface area contributed by atoms with Gasteiger partial charge in [-0.2, -0.15) is 5.10 Å². The normalized spacial score (nSPS) is 11.2. The Hall–Kier alpha value is -2.66. The van der Waals surface area contributed by atoms with Gasteiger partial charge in [0.15, 0.2) is 5.65 Å². The lowest BCUT2D eigenvalue weighted by Gasteiger charge is -1.98. The van der Waals surface area contributed by atoms with E-state index in [-0.39, 0.29) is 0 Å². The molecule has 0 spiro atoms. The molecule has 1 aromatic carbocycles. The van der Waals surface area contributed by atoms with Crippen molar-refractivity contribution in [1.29, 1.82) is 0 Å². The van der Waals surface area contributed by atoms with E-state index in [1.54, 1.807) is 10.9 Å². The van der Waals surface area contributed by atoms with Crippen LogP contribution < -0.4 is 0 Å². The first-order valence-electron chi connectivity index (χ1n) is 6.82. The summed E-state index contributed by atoms with van der Waals surface area (Å²) in [6.45, 7) is 0. The number of aromatic amines is 1. The van der Waals surface area contributed by atoms with Gasteiger partial charge in [0.1, 0.15) is 17.0 Å². The fourth-order valence-electron chi connectivity index (χ4n) is 2.47. The van der Waals surface area contributed by atoms with Crippen LogP contribution in [0.1, 0.15) is 0 Å². The van der Waals surface area contributed by atoms with E-state index < -0.39 is 0 Å². The van der Waals surface area contributed by atoms with E-state index in [0.29, 0.717) is 5.02 Å². The van der Waals surface area contributed by atoms with Crippen LogP contribution in [0.15, 0.2) is 48.7 Å². The highest BCUT2D eigenvalue weighted by Gasteiger charge is 2.16. The molecule has 0 amide bonds. The first kappa shape index (κ1) is 13.0. The summed E-state index contributed by atoms with van der Waals surface area (Å²) < 4.78 is 1.75. The average molecular weight is 310 g/mol. The maximum atomic E-state index is 6.06. The molecule has 4 aromatic rings. The molecule has 0 aliphatic heterocycles. The number of pyridine rings is 1. The highest BCUT2D eigenvalue weighted by molar-refractivity contribution is 6.30. The summed E-state index contributed by atoms with van der Waals surface area (Å²) in [6.07, 6.45) is 1.75. The summed E-state index contributed by atoms with van der Waals surface area (Å²) in [5, 5.41) is 5.19. The van der Waals surface area contributed by atoms with Crippen LogP contribution in [0.2, 0.25) is 5.02 Å². The lowest BCUT2D eigenvalue weighted by Crippen LogP contribution is -1.93. The highest BCUT2D eigenvalue weighted by Crippen LogP contribution is 2.28. The van der Waals surface area contributed by atoms with Crippen molar-refractivity contribution >= 4 is 22.8 Å². The molecule has 0 fully saturated rings. The van der Waals surface area contributed by atoms with Gasteiger partial charge in [-0.1, -0.05) is 29.8 Å². The van der Waals surface area contributed by atoms with Gasteiger partial charge in [-0.3, -0.25) is 4.98 Å². The number of rotatable bonds is 2. The molecule has 0 radical (unpaired) electrons. The van der Waals surface area contributed by atoms with E-state index in [1.807, 2.05) is 49.5 Å². The first-order valence-corrected chi connectivity index (χ1v) is 7.20. The molecule has 6 heteroatoms. The second-order valence-corrected chi connectivity index (χ2v) is 5.42. The number of halogens is 1. The zero-order valence-corrected chi connectivity index (χ0v) is 12.5. The molecule has 4 rings (SSSR count). The Labute approximate surface area is 131 Å². The molecular formula is C16H12ClN5. The largest absolute Gasteiger partial charge is 0.335 e. The Balaban J connectivity index is 1.92. The molecule has 1 N–H and O–H groups in total. The molecule has 3 aromatic heterocycles. The molecule has 22 heavy (non-hydrogen) atoms. The molecule has 3 heterocycles. The molecule has 108 valence electrons. The van der Waals surface area contributed by atoms with Crippen molar-refractivity contribution in [3.05, 3.63) is 53.7 Å². The molecule has 0 saturated heterocycles. The topological polar surface area (TPSA) is 59.4 Å². The number of hydrogen-bond donors (Lipinski definition) is 1. The predicted molar refractivity (Wildman–Crippen MR) is 86.5 cm³/mol. The third-order valence-corrected chi connectivity index (χ3v) is 3.72. The number of hydrogen-bond acceptors (Lipinski definition) is 3. The van der Waals surface area contributed by atoms with Crippen molar-refractivity contribution in [3.8, 4) is 22.8 Å². The minimum Gasteiger partial charge on any atom is -0.335 e. The molecule has 0 saturated carbocycles. The fraction of sp³-hybridized carbons (Fsp3) is 0.0625. The number of aromatic nitrogens is 5. The third-order valence-electron chi connectivity index (χ3n) is 3.48. The number of fused-ring (bicyclic) bond motifs is 1. The lowest BCUT2D eigenvalue weighted by molar-refractivity contribution is 0.789. The van der Waals surface area contributed by atoms with Crippen LogP contribution in [0.3, 0.4) is 0 Å². The molecule has 0 bridgehead atoms. The Morgan fingerprint density at radius 2 is 2.05 bits per heavy atom. The van der Waals surface area contributed by atoms with Crippen LogP contribution in [0.5, 0.6) is 0 Å². The van der Waals surface area contributed by atoms with E-state index in [4.69, 9.17) is 11.6 Å². The SMILES string of the molecule is Cn1nc(-c2ccccn2)c2[nH]c(-c3cccc(Cl)c3)nc21. The van der Waals surface area contributed by atoms with Crippen LogP contribution >= 0.6 is 11.6 Å². The maximum Gasteiger partial charge on any atom is 0.177 e. The van der Waals surface area contributed by atoms with E-state index in [9.17, 15) is 0 Å². The Morgan fingerprint density at radius 1 is 1.14 bits per heavy atom. The lowest BCUT2D eigenvalue weighted by atomic mass is 10.2. The summed E-state index contributed by atoms with van der Waals surface area (Å²) in [5.41, 5.74) is 4.20. The van der Waals surface area contributed by atoms with Crippen LogP contribution in [-0.2, 0) is 7.05 Å². The van der Waals surface area contributed by atoms with Gasteiger partial charge in [-0.05, 0) is 24.3 Å². The number of nitrogens with one attached hydrogen (secondary N) is 1. The van der Waals surface area contributed by atoms with Gasteiger partial charge < -0.3 is 4.98 Å². The van der Waals surface area contributed by atoms with Gasteiger partial charge in [0.2, 0.25) is 0 Å². The predicted octanol–water partition coefficient (Wildman–Crippen LogP) is 3.68. The fourth-order valence-corrected chi connectivity index (χ4v) is 2.66. The summed E-state index contributed by atoms with van der Waals surface area (Å²) in [4.78, 5) is 12.3. The van der Waals surface area contributed by atoms with Gasteiger partial charge in [0.25, 0.3) is 0 Å². The third kappa shape index (κ3) is 2.07. The Morgan fingerprint density at radius 3 is 2.82 bits per heavy atom. The molecule has 0 aliphatic carbocycles. The van der Waals surface area contributed by atoms with E-state index >= 15 is 0 Å². The molecular weight excluding hydrogens is 298 g/mol. The monoisotopic (exact) mass is 309 g/mol. The van der Waals surface area contributed by atoms with Crippen LogP contribution in [0.25, 0.3) is 33.9 Å². The van der Waals surface area contributed by atoms with Crippen LogP contribution in [0, 0.1) is 0 Å². The number of H-pyrrole nitrogens is 1. The van der Waals surface area contributed by atoms with Crippen molar-refractivity contribution in [3.63, 3.8) is 0 Å². The second kappa shape index (κ2) is 4.96. The number of imidazole rings is 1. The van der Waals surface area contributed by atoms with Crippen molar-refractivity contribution in [2.24, 2.45) is 7.05 Å². The van der Waals surface area contributed by atoms with Crippen molar-refractivity contribution < 1.29 is 0 Å². The van der Waals surface area contributed by atoms with Gasteiger partial charge in [0.05, 0.1) is 5.69 Å². The molecule has 5 nitrogen and oxygen atoms in total.